The van der Waals surface area contributed by atoms with Crippen LogP contribution in [0.15, 0.2) is 42.5 Å². The molecule has 3 rings (SSSR count). The van der Waals surface area contributed by atoms with Crippen LogP contribution in [0.2, 0.25) is 0 Å². The van der Waals surface area contributed by atoms with Crippen molar-refractivity contribution in [2.45, 2.75) is 60.4 Å². The van der Waals surface area contributed by atoms with Gasteiger partial charge in [0.25, 0.3) is 0 Å². The Bertz CT molecular complexity index is 1130. The Morgan fingerprint density at radius 1 is 1.00 bits per heavy atom. The first-order valence-corrected chi connectivity index (χ1v) is 10.7. The van der Waals surface area contributed by atoms with Crippen LogP contribution in [-0.4, -0.2) is 21.7 Å². The van der Waals surface area contributed by atoms with E-state index in [-0.39, 0.29) is 11.3 Å². The number of nitrogens with zero attached hydrogens (tertiary/aromatic N) is 2. The molecule has 0 aliphatic rings. The number of hydrogen-bond acceptors (Lipinski definition) is 4. The lowest BCUT2D eigenvalue weighted by atomic mass is 9.92. The van der Waals surface area contributed by atoms with Gasteiger partial charge in [-0.1, -0.05) is 38.5 Å². The Hall–Kier alpha value is -3.41. The molecule has 0 fully saturated rings. The summed E-state index contributed by atoms with van der Waals surface area (Å²) in [4.78, 5) is 24.3. The van der Waals surface area contributed by atoms with Gasteiger partial charge in [-0.15, -0.1) is 0 Å². The Balaban J connectivity index is 1.92. The van der Waals surface area contributed by atoms with Crippen molar-refractivity contribution in [1.29, 1.82) is 0 Å². The number of anilines is 1. The third-order valence-electron chi connectivity index (χ3n) is 5.29. The van der Waals surface area contributed by atoms with Crippen LogP contribution in [0.3, 0.4) is 0 Å². The molecule has 6 nitrogen and oxygen atoms in total. The maximum Gasteiger partial charge on any atom is 0.362 e. The van der Waals surface area contributed by atoms with Gasteiger partial charge in [0.05, 0.1) is 12.2 Å². The van der Waals surface area contributed by atoms with Crippen LogP contribution in [-0.2, 0) is 16.8 Å². The molecular formula is C26H31N3O3. The van der Waals surface area contributed by atoms with E-state index < -0.39 is 5.97 Å². The summed E-state index contributed by atoms with van der Waals surface area (Å²) in [5.74, 6) is -0.227. The lowest BCUT2D eigenvalue weighted by Crippen LogP contribution is -2.17. The van der Waals surface area contributed by atoms with E-state index in [4.69, 9.17) is 9.84 Å². The second kappa shape index (κ2) is 8.99. The largest absolute Gasteiger partial charge is 0.422 e. The van der Waals surface area contributed by atoms with Crippen LogP contribution in [0.25, 0.3) is 0 Å². The predicted octanol–water partition coefficient (Wildman–Crippen LogP) is 5.33. The van der Waals surface area contributed by atoms with Crippen molar-refractivity contribution in [2.75, 3.05) is 5.32 Å². The minimum atomic E-state index is -0.470. The molecule has 0 aliphatic carbocycles. The second-order valence-electron chi connectivity index (χ2n) is 9.29. The maximum atomic E-state index is 13.1. The van der Waals surface area contributed by atoms with Crippen LogP contribution in [0.1, 0.15) is 66.1 Å². The molecule has 0 radical (unpaired) electrons. The monoisotopic (exact) mass is 433 g/mol. The number of aromatic nitrogens is 2. The number of nitrogens with one attached hydrogen (secondary N) is 1. The van der Waals surface area contributed by atoms with Gasteiger partial charge in [0, 0.05) is 18.0 Å². The first-order valence-electron chi connectivity index (χ1n) is 10.7. The third-order valence-corrected chi connectivity index (χ3v) is 5.29. The van der Waals surface area contributed by atoms with E-state index in [1.165, 1.54) is 23.6 Å². The Labute approximate surface area is 189 Å². The molecule has 0 atom stereocenters. The summed E-state index contributed by atoms with van der Waals surface area (Å²) in [6.45, 7) is 14.4. The number of rotatable bonds is 5. The Kier molecular flexibility index (Phi) is 6.53. The lowest BCUT2D eigenvalue weighted by molar-refractivity contribution is -0.114. The molecule has 0 saturated carbocycles. The molecular weight excluding hydrogens is 402 g/mol. The first kappa shape index (κ1) is 23.3. The Morgan fingerprint density at radius 3 is 2.12 bits per heavy atom. The fraction of sp³-hybridized carbons (Fsp3) is 0.346. The highest BCUT2D eigenvalue weighted by Gasteiger charge is 2.24. The van der Waals surface area contributed by atoms with Crippen LogP contribution in [0, 0.1) is 20.8 Å². The SMILES string of the molecule is CC(=O)Nc1ccc(OC(=O)c2cc(C(C)(C)C)nn2Cc2c(C)cc(C)cc2C)cc1. The van der Waals surface area contributed by atoms with Crippen molar-refractivity contribution in [3.8, 4) is 5.75 Å². The number of ether oxygens (including phenoxy) is 1. The van der Waals surface area contributed by atoms with Crippen molar-refractivity contribution < 1.29 is 14.3 Å². The smallest absolute Gasteiger partial charge is 0.362 e. The molecule has 0 saturated heterocycles. The molecule has 1 N–H and O–H groups in total. The molecule has 1 heterocycles. The topological polar surface area (TPSA) is 73.2 Å². The molecule has 0 bridgehead atoms. The number of carbonyl (C=O) groups excluding carboxylic acids is 2. The highest BCUT2D eigenvalue weighted by atomic mass is 16.5. The van der Waals surface area contributed by atoms with Crippen LogP contribution in [0.5, 0.6) is 5.75 Å². The quantitative estimate of drug-likeness (QED) is 0.436. The molecule has 0 spiro atoms. The number of aryl methyl sites for hydroxylation is 3. The number of esters is 1. The van der Waals surface area contributed by atoms with Gasteiger partial charge in [0.15, 0.2) is 0 Å². The Morgan fingerprint density at radius 2 is 1.59 bits per heavy atom. The van der Waals surface area contributed by atoms with Gasteiger partial charge in [-0.25, -0.2) is 4.79 Å². The van der Waals surface area contributed by atoms with Crippen LogP contribution < -0.4 is 10.1 Å². The predicted molar refractivity (Wildman–Crippen MR) is 126 cm³/mol. The number of hydrogen-bond donors (Lipinski definition) is 1. The summed E-state index contributed by atoms with van der Waals surface area (Å²) >= 11 is 0. The molecule has 32 heavy (non-hydrogen) atoms. The van der Waals surface area contributed by atoms with Gasteiger partial charge in [0.1, 0.15) is 11.4 Å². The number of amides is 1. The highest BCUT2D eigenvalue weighted by molar-refractivity contribution is 5.90. The minimum absolute atomic E-state index is 0.157. The lowest BCUT2D eigenvalue weighted by Gasteiger charge is -2.15. The van der Waals surface area contributed by atoms with Gasteiger partial charge < -0.3 is 10.1 Å². The van der Waals surface area contributed by atoms with E-state index >= 15 is 0 Å². The molecule has 6 heteroatoms. The van der Waals surface area contributed by atoms with Gasteiger partial charge in [-0.3, -0.25) is 9.48 Å². The summed E-state index contributed by atoms with van der Waals surface area (Å²) in [7, 11) is 0. The molecule has 168 valence electrons. The normalized spacial score (nSPS) is 11.3. The fourth-order valence-corrected chi connectivity index (χ4v) is 3.65. The average Bonchev–Trinajstić information content (AvgIpc) is 3.10. The summed E-state index contributed by atoms with van der Waals surface area (Å²) in [5.41, 5.74) is 6.36. The van der Waals surface area contributed by atoms with E-state index in [9.17, 15) is 9.59 Å². The molecule has 0 aliphatic heterocycles. The van der Waals surface area contributed by atoms with Crippen LogP contribution in [0.4, 0.5) is 5.69 Å². The minimum Gasteiger partial charge on any atom is -0.422 e. The van der Waals surface area contributed by atoms with Gasteiger partial charge >= 0.3 is 5.97 Å². The maximum absolute atomic E-state index is 13.1. The summed E-state index contributed by atoms with van der Waals surface area (Å²) in [6, 6.07) is 12.8. The molecule has 1 amide bonds. The number of benzene rings is 2. The van der Waals surface area contributed by atoms with Crippen LogP contribution >= 0.6 is 0 Å². The third kappa shape index (κ3) is 5.44. The van der Waals surface area contributed by atoms with E-state index in [1.54, 1.807) is 28.9 Å². The summed E-state index contributed by atoms with van der Waals surface area (Å²) in [5, 5.41) is 7.45. The van der Waals surface area contributed by atoms with Crippen molar-refractivity contribution in [3.63, 3.8) is 0 Å². The van der Waals surface area contributed by atoms with E-state index in [0.29, 0.717) is 23.7 Å². The molecule has 3 aromatic rings. The number of carbonyl (C=O) groups is 2. The van der Waals surface area contributed by atoms with Crippen molar-refractivity contribution in [1.82, 2.24) is 9.78 Å². The fourth-order valence-electron chi connectivity index (χ4n) is 3.65. The van der Waals surface area contributed by atoms with Gasteiger partial charge in [-0.05, 0) is 67.8 Å². The summed E-state index contributed by atoms with van der Waals surface area (Å²) < 4.78 is 7.37. The zero-order valence-electron chi connectivity index (χ0n) is 19.9. The van der Waals surface area contributed by atoms with E-state index in [1.807, 2.05) is 6.07 Å². The summed E-state index contributed by atoms with van der Waals surface area (Å²) in [6.07, 6.45) is 0. The van der Waals surface area contributed by atoms with Crippen molar-refractivity contribution in [3.05, 3.63) is 76.1 Å². The molecule has 1 aromatic heterocycles. The molecule has 0 unspecified atom stereocenters. The highest BCUT2D eigenvalue weighted by Crippen LogP contribution is 2.25. The first-order chi connectivity index (χ1) is 14.9. The van der Waals surface area contributed by atoms with E-state index in [2.05, 4.69) is 59.0 Å². The zero-order chi connectivity index (χ0) is 23.6. The van der Waals surface area contributed by atoms with Crippen molar-refractivity contribution in [2.24, 2.45) is 0 Å². The second-order valence-corrected chi connectivity index (χ2v) is 9.29. The van der Waals surface area contributed by atoms with Gasteiger partial charge in [-0.2, -0.15) is 5.10 Å². The van der Waals surface area contributed by atoms with Crippen molar-refractivity contribution >= 4 is 17.6 Å². The van der Waals surface area contributed by atoms with Gasteiger partial charge in [0.2, 0.25) is 5.91 Å². The van der Waals surface area contributed by atoms with E-state index in [0.717, 1.165) is 11.3 Å². The standard InChI is InChI=1S/C26H31N3O3/c1-16-12-17(2)22(18(3)13-16)15-29-23(14-24(28-29)26(5,6)7)25(31)32-21-10-8-20(9-11-21)27-19(4)30/h8-14H,15H2,1-7H3,(H,27,30). The average molecular weight is 434 g/mol. The zero-order valence-corrected chi connectivity index (χ0v) is 19.9. The molecule has 2 aromatic carbocycles.